The second kappa shape index (κ2) is 6.40. The van der Waals surface area contributed by atoms with Crippen LogP contribution in [0.4, 0.5) is 0 Å². The average molecular weight is 276 g/mol. The Bertz CT molecular complexity index is 515. The highest BCUT2D eigenvalue weighted by Crippen LogP contribution is 2.22. The van der Waals surface area contributed by atoms with Crippen LogP contribution in [-0.2, 0) is 4.79 Å². The van der Waals surface area contributed by atoms with Gasteiger partial charge in [-0.2, -0.15) is 5.26 Å². The van der Waals surface area contributed by atoms with Crippen LogP contribution in [0.3, 0.4) is 0 Å². The van der Waals surface area contributed by atoms with E-state index in [1.54, 1.807) is 24.3 Å². The summed E-state index contributed by atoms with van der Waals surface area (Å²) in [6, 6.07) is 7.99. The van der Waals surface area contributed by atoms with Gasteiger partial charge in [-0.3, -0.25) is 4.79 Å². The molecule has 0 spiro atoms. The number of rotatable bonds is 4. The van der Waals surface area contributed by atoms with E-state index in [0.29, 0.717) is 11.3 Å². The minimum absolute atomic E-state index is 0.404. The number of methoxy groups -OCH3 is 1. The van der Waals surface area contributed by atoms with Crippen molar-refractivity contribution >= 4 is 5.91 Å². The Hall–Kier alpha value is -2.06. The molecular weight excluding hydrogens is 256 g/mol. The van der Waals surface area contributed by atoms with Gasteiger partial charge in [-0.25, -0.2) is 0 Å². The van der Waals surface area contributed by atoms with Gasteiger partial charge in [0.2, 0.25) is 0 Å². The molecule has 1 aromatic carbocycles. The third kappa shape index (κ3) is 3.97. The zero-order valence-electron chi connectivity index (χ0n) is 12.2. The fourth-order valence-electron chi connectivity index (χ4n) is 1.63. The topological polar surface area (TPSA) is 82.3 Å². The molecule has 0 aromatic heterocycles. The van der Waals surface area contributed by atoms with Crippen LogP contribution < -0.4 is 10.1 Å². The highest BCUT2D eigenvalue weighted by molar-refractivity contribution is 5.82. The third-order valence-corrected chi connectivity index (χ3v) is 2.94. The number of hydrogen-bond donors (Lipinski definition) is 2. The van der Waals surface area contributed by atoms with E-state index in [1.807, 2.05) is 26.8 Å². The molecule has 1 rings (SSSR count). The van der Waals surface area contributed by atoms with Crippen molar-refractivity contribution in [1.29, 1.82) is 5.26 Å². The maximum Gasteiger partial charge on any atom is 0.254 e. The number of carbonyl (C=O) groups excluding carboxylic acids is 1. The van der Waals surface area contributed by atoms with E-state index >= 15 is 0 Å². The molecule has 0 saturated heterocycles. The summed E-state index contributed by atoms with van der Waals surface area (Å²) in [4.78, 5) is 12.0. The summed E-state index contributed by atoms with van der Waals surface area (Å²) in [6.45, 7) is 5.54. The van der Waals surface area contributed by atoms with E-state index in [2.05, 4.69) is 5.32 Å². The van der Waals surface area contributed by atoms with Gasteiger partial charge in [-0.05, 0) is 23.1 Å². The predicted molar refractivity (Wildman–Crippen MR) is 75.0 cm³/mol. The molecule has 0 radical (unpaired) electrons. The molecule has 0 aliphatic rings. The first kappa shape index (κ1) is 16.0. The van der Waals surface area contributed by atoms with E-state index < -0.39 is 23.5 Å². The first-order valence-corrected chi connectivity index (χ1v) is 6.31. The standard InChI is InChI=1S/C15H20N2O3/c1-15(2,3)12(9-16)17-14(19)13(18)10-6-5-7-11(8-10)20-4/h5-8,12-13,18H,1-4H3,(H,17,19)/t12-,13-/m0/s1. The molecule has 5 nitrogen and oxygen atoms in total. The molecule has 0 saturated carbocycles. The summed E-state index contributed by atoms with van der Waals surface area (Å²) in [6.07, 6.45) is -1.33. The zero-order chi connectivity index (χ0) is 15.3. The van der Waals surface area contributed by atoms with Gasteiger partial charge < -0.3 is 15.2 Å². The van der Waals surface area contributed by atoms with Crippen molar-refractivity contribution in [1.82, 2.24) is 5.32 Å². The van der Waals surface area contributed by atoms with E-state index in [4.69, 9.17) is 10.00 Å². The van der Waals surface area contributed by atoms with Gasteiger partial charge in [0.1, 0.15) is 11.8 Å². The maximum absolute atomic E-state index is 12.0. The molecule has 2 atom stereocenters. The Morgan fingerprint density at radius 3 is 2.60 bits per heavy atom. The van der Waals surface area contributed by atoms with Gasteiger partial charge in [0, 0.05) is 0 Å². The lowest BCUT2D eigenvalue weighted by molar-refractivity contribution is -0.130. The van der Waals surface area contributed by atoms with Crippen molar-refractivity contribution in [2.45, 2.75) is 32.9 Å². The molecule has 0 unspecified atom stereocenters. The van der Waals surface area contributed by atoms with Crippen molar-refractivity contribution in [3.63, 3.8) is 0 Å². The van der Waals surface area contributed by atoms with Gasteiger partial charge in [-0.15, -0.1) is 0 Å². The zero-order valence-corrected chi connectivity index (χ0v) is 12.2. The number of benzene rings is 1. The Balaban J connectivity index is 2.84. The highest BCUT2D eigenvalue weighted by Gasteiger charge is 2.28. The molecule has 0 bridgehead atoms. The van der Waals surface area contributed by atoms with Crippen LogP contribution in [0.15, 0.2) is 24.3 Å². The van der Waals surface area contributed by atoms with Crippen molar-refractivity contribution < 1.29 is 14.6 Å². The normalized spacial score (nSPS) is 14.0. The quantitative estimate of drug-likeness (QED) is 0.878. The lowest BCUT2D eigenvalue weighted by Crippen LogP contribution is -2.44. The summed E-state index contributed by atoms with van der Waals surface area (Å²) >= 11 is 0. The molecule has 0 fully saturated rings. The van der Waals surface area contributed by atoms with E-state index in [-0.39, 0.29) is 0 Å². The van der Waals surface area contributed by atoms with Crippen LogP contribution >= 0.6 is 0 Å². The molecule has 108 valence electrons. The monoisotopic (exact) mass is 276 g/mol. The maximum atomic E-state index is 12.0. The van der Waals surface area contributed by atoms with Crippen molar-refractivity contribution in [3.05, 3.63) is 29.8 Å². The SMILES string of the molecule is COc1cccc([C@H](O)C(=O)N[C@@H](C#N)C(C)(C)C)c1. The van der Waals surface area contributed by atoms with Gasteiger partial charge in [0.15, 0.2) is 6.10 Å². The number of carbonyl (C=O) groups is 1. The van der Waals surface area contributed by atoms with Crippen molar-refractivity contribution in [3.8, 4) is 11.8 Å². The van der Waals surface area contributed by atoms with Crippen molar-refractivity contribution in [2.75, 3.05) is 7.11 Å². The number of aliphatic hydroxyl groups excluding tert-OH is 1. The largest absolute Gasteiger partial charge is 0.497 e. The number of amides is 1. The number of hydrogen-bond acceptors (Lipinski definition) is 4. The second-order valence-electron chi connectivity index (χ2n) is 5.62. The minimum Gasteiger partial charge on any atom is -0.497 e. The summed E-state index contributed by atoms with van der Waals surface area (Å²) in [5.74, 6) is -0.0401. The molecule has 0 aliphatic heterocycles. The van der Waals surface area contributed by atoms with E-state index in [1.165, 1.54) is 7.11 Å². The molecule has 1 aromatic rings. The summed E-state index contributed by atoms with van der Waals surface area (Å²) in [5, 5.41) is 21.7. The van der Waals surface area contributed by atoms with Gasteiger partial charge in [-0.1, -0.05) is 32.9 Å². The Morgan fingerprint density at radius 2 is 2.10 bits per heavy atom. The Labute approximate surface area is 119 Å². The predicted octanol–water partition coefficient (Wildman–Crippen LogP) is 1.78. The Morgan fingerprint density at radius 1 is 1.45 bits per heavy atom. The van der Waals surface area contributed by atoms with Crippen LogP contribution in [0.5, 0.6) is 5.75 Å². The van der Waals surface area contributed by atoms with E-state index in [9.17, 15) is 9.90 Å². The lowest BCUT2D eigenvalue weighted by atomic mass is 9.87. The number of ether oxygens (including phenoxy) is 1. The summed E-state index contributed by atoms with van der Waals surface area (Å²) in [7, 11) is 1.51. The lowest BCUT2D eigenvalue weighted by Gasteiger charge is -2.26. The van der Waals surface area contributed by atoms with Gasteiger partial charge >= 0.3 is 0 Å². The van der Waals surface area contributed by atoms with Gasteiger partial charge in [0.25, 0.3) is 5.91 Å². The highest BCUT2D eigenvalue weighted by atomic mass is 16.5. The second-order valence-corrected chi connectivity index (χ2v) is 5.62. The Kier molecular flexibility index (Phi) is 5.12. The van der Waals surface area contributed by atoms with Crippen LogP contribution in [0.2, 0.25) is 0 Å². The van der Waals surface area contributed by atoms with Crippen LogP contribution in [0, 0.1) is 16.7 Å². The van der Waals surface area contributed by atoms with E-state index in [0.717, 1.165) is 0 Å². The number of aliphatic hydroxyl groups is 1. The molecule has 20 heavy (non-hydrogen) atoms. The third-order valence-electron chi connectivity index (χ3n) is 2.94. The first-order valence-electron chi connectivity index (χ1n) is 6.31. The number of nitrogens with one attached hydrogen (secondary N) is 1. The molecule has 0 aliphatic carbocycles. The summed E-state index contributed by atoms with van der Waals surface area (Å²) < 4.78 is 5.05. The van der Waals surface area contributed by atoms with Crippen molar-refractivity contribution in [2.24, 2.45) is 5.41 Å². The molecule has 5 heteroatoms. The number of nitrogens with zero attached hydrogens (tertiary/aromatic N) is 1. The van der Waals surface area contributed by atoms with Gasteiger partial charge in [0.05, 0.1) is 13.2 Å². The molecule has 0 heterocycles. The smallest absolute Gasteiger partial charge is 0.254 e. The fraction of sp³-hybridized carbons (Fsp3) is 0.467. The van der Waals surface area contributed by atoms with Crippen LogP contribution in [-0.4, -0.2) is 24.2 Å². The summed E-state index contributed by atoms with van der Waals surface area (Å²) in [5.41, 5.74) is 0.0193. The molecular formula is C15H20N2O3. The van der Waals surface area contributed by atoms with Crippen LogP contribution in [0.1, 0.15) is 32.4 Å². The fourth-order valence-corrected chi connectivity index (χ4v) is 1.63. The first-order chi connectivity index (χ1) is 9.29. The average Bonchev–Trinajstić information content (AvgIpc) is 2.42. The molecule has 2 N–H and O–H groups in total. The minimum atomic E-state index is -1.33. The van der Waals surface area contributed by atoms with Crippen LogP contribution in [0.25, 0.3) is 0 Å². The number of nitriles is 1. The molecule has 1 amide bonds.